The minimum Gasteiger partial charge on any atom is -0.480 e. The Kier molecular flexibility index (Phi) is 3.78. The van der Waals surface area contributed by atoms with Gasteiger partial charge in [-0.05, 0) is 6.07 Å². The predicted molar refractivity (Wildman–Crippen MR) is 53.0 cm³/mol. The maximum Gasteiger partial charge on any atom is 0.328 e. The van der Waals surface area contributed by atoms with Crippen molar-refractivity contribution in [2.45, 2.75) is 6.04 Å². The van der Waals surface area contributed by atoms with Crippen molar-refractivity contribution in [2.24, 2.45) is 0 Å². The van der Waals surface area contributed by atoms with Crippen molar-refractivity contribution < 1.29 is 19.8 Å². The summed E-state index contributed by atoms with van der Waals surface area (Å²) in [6.07, 6.45) is 0. The molecule has 0 aliphatic heterocycles. The molecule has 0 fully saturated rings. The van der Waals surface area contributed by atoms with Gasteiger partial charge in [-0.25, -0.2) is 4.79 Å². The van der Waals surface area contributed by atoms with Crippen molar-refractivity contribution in [3.63, 3.8) is 0 Å². The molecule has 1 aromatic rings. The molecular weight excluding hydrogens is 216 g/mol. The number of aliphatic hydroxyl groups is 1. The minimum absolute atomic E-state index is 0.0628. The molecule has 7 heteroatoms. The molecule has 1 heterocycles. The first-order chi connectivity index (χ1) is 7.54. The molecule has 0 saturated carbocycles. The highest BCUT2D eigenvalue weighted by atomic mass is 16.4. The molecule has 0 radical (unpaired) electrons. The Balaban J connectivity index is 2.79. The smallest absolute Gasteiger partial charge is 0.328 e. The van der Waals surface area contributed by atoms with E-state index in [1.165, 1.54) is 18.2 Å². The highest BCUT2D eigenvalue weighted by Gasteiger charge is 2.19. The summed E-state index contributed by atoms with van der Waals surface area (Å²) >= 11 is 0. The second-order valence-electron chi connectivity index (χ2n) is 2.98. The third-order valence-corrected chi connectivity index (χ3v) is 1.80. The van der Waals surface area contributed by atoms with Crippen LogP contribution in [0.2, 0.25) is 0 Å². The average molecular weight is 226 g/mol. The summed E-state index contributed by atoms with van der Waals surface area (Å²) in [5.41, 5.74) is -0.532. The van der Waals surface area contributed by atoms with E-state index in [4.69, 9.17) is 10.2 Å². The highest BCUT2D eigenvalue weighted by Crippen LogP contribution is 1.92. The van der Waals surface area contributed by atoms with Gasteiger partial charge in [0.1, 0.15) is 5.69 Å². The summed E-state index contributed by atoms with van der Waals surface area (Å²) in [5.74, 6) is -2.12. The summed E-state index contributed by atoms with van der Waals surface area (Å²) in [5, 5.41) is 19.3. The predicted octanol–water partition coefficient (Wildman–Crippen LogP) is -1.45. The number of pyridine rings is 1. The maximum absolute atomic E-state index is 11.4. The van der Waals surface area contributed by atoms with Crippen LogP contribution >= 0.6 is 0 Å². The van der Waals surface area contributed by atoms with Crippen molar-refractivity contribution in [3.8, 4) is 0 Å². The van der Waals surface area contributed by atoms with E-state index in [9.17, 15) is 14.4 Å². The van der Waals surface area contributed by atoms with Crippen LogP contribution in [-0.4, -0.2) is 39.7 Å². The van der Waals surface area contributed by atoms with Crippen LogP contribution in [0.1, 0.15) is 10.5 Å². The van der Waals surface area contributed by atoms with Gasteiger partial charge in [-0.1, -0.05) is 6.07 Å². The topological polar surface area (TPSA) is 119 Å². The molecule has 1 atom stereocenters. The van der Waals surface area contributed by atoms with Gasteiger partial charge in [0.25, 0.3) is 5.91 Å². The van der Waals surface area contributed by atoms with E-state index in [0.29, 0.717) is 0 Å². The molecule has 0 bridgehead atoms. The lowest BCUT2D eigenvalue weighted by atomic mass is 10.3. The third kappa shape index (κ3) is 2.92. The van der Waals surface area contributed by atoms with Gasteiger partial charge in [0.15, 0.2) is 6.04 Å². The summed E-state index contributed by atoms with van der Waals surface area (Å²) in [6.45, 7) is -0.724. The summed E-state index contributed by atoms with van der Waals surface area (Å²) < 4.78 is 0. The van der Waals surface area contributed by atoms with Gasteiger partial charge in [-0.3, -0.25) is 9.59 Å². The van der Waals surface area contributed by atoms with Gasteiger partial charge in [-0.2, -0.15) is 0 Å². The second-order valence-corrected chi connectivity index (χ2v) is 2.98. The molecule has 86 valence electrons. The number of nitrogens with one attached hydrogen (secondary N) is 2. The number of aromatic nitrogens is 1. The number of aliphatic hydroxyl groups excluding tert-OH is 1. The molecule has 1 rings (SSSR count). The van der Waals surface area contributed by atoms with E-state index in [1.807, 2.05) is 0 Å². The Morgan fingerprint density at radius 2 is 2.12 bits per heavy atom. The molecule has 0 unspecified atom stereocenters. The zero-order valence-electron chi connectivity index (χ0n) is 8.14. The standard InChI is InChI=1S/C9H10N2O5/c12-4-6(9(15)16)11-8(14)5-2-1-3-7(13)10-5/h1-3,6,12H,4H2,(H,10,13)(H,11,14)(H,15,16)/t6-/m0/s1. The Labute approximate surface area is 89.7 Å². The molecule has 0 aliphatic rings. The van der Waals surface area contributed by atoms with E-state index in [2.05, 4.69) is 10.3 Å². The van der Waals surface area contributed by atoms with Crippen LogP contribution in [0.15, 0.2) is 23.0 Å². The molecule has 7 nitrogen and oxygen atoms in total. The van der Waals surface area contributed by atoms with Crippen molar-refractivity contribution in [3.05, 3.63) is 34.2 Å². The van der Waals surface area contributed by atoms with Gasteiger partial charge in [-0.15, -0.1) is 0 Å². The summed E-state index contributed by atoms with van der Waals surface area (Å²) in [4.78, 5) is 35.0. The van der Waals surface area contributed by atoms with Gasteiger partial charge < -0.3 is 20.5 Å². The molecule has 0 saturated heterocycles. The molecule has 0 aliphatic carbocycles. The third-order valence-electron chi connectivity index (χ3n) is 1.80. The van der Waals surface area contributed by atoms with Crippen molar-refractivity contribution in [1.29, 1.82) is 0 Å². The lowest BCUT2D eigenvalue weighted by Crippen LogP contribution is -2.43. The van der Waals surface area contributed by atoms with E-state index in [1.54, 1.807) is 0 Å². The fourth-order valence-electron chi connectivity index (χ4n) is 1.00. The number of aliphatic carboxylic acids is 1. The number of hydrogen-bond donors (Lipinski definition) is 4. The SMILES string of the molecule is O=C(N[C@@H](CO)C(=O)O)c1cccc(=O)[nH]1. The first kappa shape index (κ1) is 11.9. The van der Waals surface area contributed by atoms with Gasteiger partial charge >= 0.3 is 5.97 Å². The largest absolute Gasteiger partial charge is 0.480 e. The first-order valence-corrected chi connectivity index (χ1v) is 4.38. The average Bonchev–Trinajstić information content (AvgIpc) is 2.25. The Bertz CT molecular complexity index is 453. The number of amides is 1. The van der Waals surface area contributed by atoms with Crippen LogP contribution in [0.3, 0.4) is 0 Å². The van der Waals surface area contributed by atoms with Gasteiger partial charge in [0.2, 0.25) is 5.56 Å². The first-order valence-electron chi connectivity index (χ1n) is 4.38. The number of aromatic amines is 1. The molecule has 4 N–H and O–H groups in total. The summed E-state index contributed by atoms with van der Waals surface area (Å²) in [6, 6.07) is 2.52. The van der Waals surface area contributed by atoms with Gasteiger partial charge in [0.05, 0.1) is 6.61 Å². The zero-order valence-corrected chi connectivity index (χ0v) is 8.14. The zero-order chi connectivity index (χ0) is 12.1. The fraction of sp³-hybridized carbons (Fsp3) is 0.222. The van der Waals surface area contributed by atoms with Crippen LogP contribution < -0.4 is 10.9 Å². The maximum atomic E-state index is 11.4. The number of rotatable bonds is 4. The van der Waals surface area contributed by atoms with E-state index < -0.39 is 30.1 Å². The number of carboxylic acids is 1. The molecule has 16 heavy (non-hydrogen) atoms. The number of carbonyl (C=O) groups excluding carboxylic acids is 1. The van der Waals surface area contributed by atoms with Gasteiger partial charge in [0, 0.05) is 6.07 Å². The number of H-pyrrole nitrogens is 1. The lowest BCUT2D eigenvalue weighted by molar-refractivity contribution is -0.140. The Morgan fingerprint density at radius 1 is 1.44 bits per heavy atom. The van der Waals surface area contributed by atoms with Crippen LogP contribution in [0.4, 0.5) is 0 Å². The van der Waals surface area contributed by atoms with E-state index in [-0.39, 0.29) is 5.69 Å². The Hall–Kier alpha value is -2.15. The van der Waals surface area contributed by atoms with Crippen molar-refractivity contribution in [2.75, 3.05) is 6.61 Å². The number of carbonyl (C=O) groups is 2. The number of hydrogen-bond acceptors (Lipinski definition) is 4. The van der Waals surface area contributed by atoms with Crippen molar-refractivity contribution >= 4 is 11.9 Å². The summed E-state index contributed by atoms with van der Waals surface area (Å²) in [7, 11) is 0. The molecule has 0 spiro atoms. The van der Waals surface area contributed by atoms with Crippen LogP contribution in [-0.2, 0) is 4.79 Å². The normalized spacial score (nSPS) is 11.8. The molecule has 1 amide bonds. The highest BCUT2D eigenvalue weighted by molar-refractivity contribution is 5.94. The lowest BCUT2D eigenvalue weighted by Gasteiger charge is -2.10. The number of carboxylic acid groups (broad SMARTS) is 1. The minimum atomic E-state index is -1.39. The molecule has 1 aromatic heterocycles. The van der Waals surface area contributed by atoms with Crippen molar-refractivity contribution in [1.82, 2.24) is 10.3 Å². The molecule has 0 aromatic carbocycles. The Morgan fingerprint density at radius 3 is 2.62 bits per heavy atom. The monoisotopic (exact) mass is 226 g/mol. The fourth-order valence-corrected chi connectivity index (χ4v) is 1.00. The van der Waals surface area contributed by atoms with Crippen LogP contribution in [0.25, 0.3) is 0 Å². The van der Waals surface area contributed by atoms with Crippen LogP contribution in [0.5, 0.6) is 0 Å². The van der Waals surface area contributed by atoms with Crippen LogP contribution in [0, 0.1) is 0 Å². The van der Waals surface area contributed by atoms with E-state index >= 15 is 0 Å². The molecular formula is C9H10N2O5. The second kappa shape index (κ2) is 5.08. The van der Waals surface area contributed by atoms with E-state index in [0.717, 1.165) is 0 Å². The quantitative estimate of drug-likeness (QED) is 0.500.